The first kappa shape index (κ1) is 19.1. The molecule has 0 saturated heterocycles. The zero-order valence-electron chi connectivity index (χ0n) is 13.5. The second-order valence-electron chi connectivity index (χ2n) is 5.32. The van der Waals surface area contributed by atoms with Crippen LogP contribution in [0.25, 0.3) is 0 Å². The summed E-state index contributed by atoms with van der Waals surface area (Å²) in [5.41, 5.74) is 1.42. The van der Waals surface area contributed by atoms with Gasteiger partial charge in [-0.3, -0.25) is 9.59 Å². The van der Waals surface area contributed by atoms with Crippen molar-refractivity contribution in [2.24, 2.45) is 5.14 Å². The van der Waals surface area contributed by atoms with E-state index >= 15 is 0 Å². The molecule has 0 aliphatic heterocycles. The number of hydrogen-bond acceptors (Lipinski definition) is 6. The zero-order chi connectivity index (χ0) is 18.4. The number of hydrogen-bond donors (Lipinski definition) is 2. The topological polar surface area (TPSA) is 116 Å². The van der Waals surface area contributed by atoms with Crippen LogP contribution < -0.4 is 10.5 Å². The van der Waals surface area contributed by atoms with Gasteiger partial charge in [0.1, 0.15) is 0 Å². The number of nitrogens with two attached hydrogens (primary N) is 1. The van der Waals surface area contributed by atoms with Crippen LogP contribution in [-0.4, -0.2) is 26.4 Å². The van der Waals surface area contributed by atoms with Gasteiger partial charge in [0, 0.05) is 12.1 Å². The van der Waals surface area contributed by atoms with Crippen LogP contribution in [0.4, 0.5) is 5.69 Å². The summed E-state index contributed by atoms with van der Waals surface area (Å²) < 4.78 is 27.4. The molecule has 1 heterocycles. The van der Waals surface area contributed by atoms with Crippen molar-refractivity contribution in [1.29, 1.82) is 0 Å². The molecule has 0 saturated carbocycles. The fraction of sp³-hybridized carbons (Fsp3) is 0.250. The van der Waals surface area contributed by atoms with E-state index in [4.69, 9.17) is 9.88 Å². The van der Waals surface area contributed by atoms with Gasteiger partial charge in [0.2, 0.25) is 10.0 Å². The van der Waals surface area contributed by atoms with Gasteiger partial charge in [0.15, 0.2) is 6.10 Å². The summed E-state index contributed by atoms with van der Waals surface area (Å²) in [7, 11) is -3.79. The van der Waals surface area contributed by atoms with Gasteiger partial charge in [-0.2, -0.15) is 11.3 Å². The molecule has 1 amide bonds. The van der Waals surface area contributed by atoms with Crippen molar-refractivity contribution in [3.8, 4) is 0 Å². The van der Waals surface area contributed by atoms with Crippen LogP contribution in [0.2, 0.25) is 0 Å². The molecule has 0 bridgehead atoms. The average Bonchev–Trinajstić information content (AvgIpc) is 3.06. The zero-order valence-corrected chi connectivity index (χ0v) is 15.1. The number of thiophene rings is 1. The molecular weight excluding hydrogens is 364 g/mol. The second-order valence-corrected chi connectivity index (χ2v) is 7.66. The molecule has 9 heteroatoms. The van der Waals surface area contributed by atoms with Crippen molar-refractivity contribution in [1.82, 2.24) is 0 Å². The molecule has 0 radical (unpaired) electrons. The van der Waals surface area contributed by atoms with Gasteiger partial charge in [-0.15, -0.1) is 0 Å². The molecule has 1 aromatic carbocycles. The number of esters is 1. The van der Waals surface area contributed by atoms with Crippen LogP contribution >= 0.6 is 11.3 Å². The number of primary sulfonamides is 1. The van der Waals surface area contributed by atoms with Crippen LogP contribution in [0.3, 0.4) is 0 Å². The molecule has 3 N–H and O–H groups in total. The molecule has 0 fully saturated rings. The normalized spacial score (nSPS) is 12.4. The van der Waals surface area contributed by atoms with E-state index in [-0.39, 0.29) is 11.3 Å². The van der Waals surface area contributed by atoms with Gasteiger partial charge in [-0.25, -0.2) is 13.6 Å². The average molecular weight is 382 g/mol. The second kappa shape index (κ2) is 8.24. The number of amides is 1. The molecule has 0 aliphatic rings. The van der Waals surface area contributed by atoms with E-state index in [0.29, 0.717) is 12.1 Å². The highest BCUT2D eigenvalue weighted by atomic mass is 32.2. The fourth-order valence-corrected chi connectivity index (χ4v) is 3.18. The predicted molar refractivity (Wildman–Crippen MR) is 94.6 cm³/mol. The quantitative estimate of drug-likeness (QED) is 0.710. The van der Waals surface area contributed by atoms with Crippen molar-refractivity contribution < 1.29 is 22.7 Å². The van der Waals surface area contributed by atoms with Crippen LogP contribution in [-0.2, 0) is 30.8 Å². The van der Waals surface area contributed by atoms with Crippen molar-refractivity contribution in [2.45, 2.75) is 30.8 Å². The molecular formula is C16H18N2O5S2. The van der Waals surface area contributed by atoms with Crippen LogP contribution in [0.1, 0.15) is 18.9 Å². The number of benzene rings is 1. The lowest BCUT2D eigenvalue weighted by Gasteiger charge is -2.13. The van der Waals surface area contributed by atoms with Gasteiger partial charge in [0.25, 0.3) is 5.91 Å². The number of ether oxygens (including phenoxy) is 1. The summed E-state index contributed by atoms with van der Waals surface area (Å²) in [6, 6.07) is 7.30. The molecule has 25 heavy (non-hydrogen) atoms. The molecule has 0 aliphatic carbocycles. The van der Waals surface area contributed by atoms with Gasteiger partial charge < -0.3 is 10.1 Å². The minimum atomic E-state index is -3.79. The minimum absolute atomic E-state index is 0.0570. The van der Waals surface area contributed by atoms with E-state index in [0.717, 1.165) is 5.56 Å². The Morgan fingerprint density at radius 2 is 1.92 bits per heavy atom. The first-order chi connectivity index (χ1) is 11.8. The Kier molecular flexibility index (Phi) is 6.29. The Labute approximate surface area is 149 Å². The first-order valence-corrected chi connectivity index (χ1v) is 9.89. The Morgan fingerprint density at radius 1 is 1.24 bits per heavy atom. The Bertz CT molecular complexity index is 830. The van der Waals surface area contributed by atoms with E-state index in [1.54, 1.807) is 11.3 Å². The third kappa shape index (κ3) is 5.96. The summed E-state index contributed by atoms with van der Waals surface area (Å²) in [5.74, 6) is -0.967. The molecule has 2 aromatic rings. The number of carbonyl (C=O) groups excluding carboxylic acids is 2. The smallest absolute Gasteiger partial charge is 0.306 e. The fourth-order valence-electron chi connectivity index (χ4n) is 1.96. The molecule has 7 nitrogen and oxygen atoms in total. The first-order valence-electron chi connectivity index (χ1n) is 7.40. The predicted octanol–water partition coefficient (Wildman–Crippen LogP) is 1.90. The summed E-state index contributed by atoms with van der Waals surface area (Å²) >= 11 is 1.55. The van der Waals surface area contributed by atoms with E-state index in [1.807, 2.05) is 16.8 Å². The number of sulfonamides is 1. The van der Waals surface area contributed by atoms with Crippen molar-refractivity contribution in [2.75, 3.05) is 5.32 Å². The maximum Gasteiger partial charge on any atom is 0.306 e. The van der Waals surface area contributed by atoms with Crippen LogP contribution in [0.15, 0.2) is 46.0 Å². The number of aryl methyl sites for hydroxylation is 1. The third-order valence-electron chi connectivity index (χ3n) is 3.33. The third-order valence-corrected chi connectivity index (χ3v) is 4.99. The van der Waals surface area contributed by atoms with Crippen molar-refractivity contribution in [3.63, 3.8) is 0 Å². The lowest BCUT2D eigenvalue weighted by atomic mass is 10.2. The minimum Gasteiger partial charge on any atom is -0.453 e. The van der Waals surface area contributed by atoms with Gasteiger partial charge in [0.05, 0.1) is 4.90 Å². The molecule has 134 valence electrons. The Morgan fingerprint density at radius 3 is 2.48 bits per heavy atom. The number of rotatable bonds is 7. The summed E-state index contributed by atoms with van der Waals surface area (Å²) in [6.45, 7) is 1.47. The number of nitrogens with one attached hydrogen (secondary N) is 1. The van der Waals surface area contributed by atoms with Crippen LogP contribution in [0, 0.1) is 0 Å². The molecule has 0 spiro atoms. The largest absolute Gasteiger partial charge is 0.453 e. The van der Waals surface area contributed by atoms with E-state index < -0.39 is 28.0 Å². The van der Waals surface area contributed by atoms with E-state index in [2.05, 4.69) is 5.32 Å². The SMILES string of the molecule is CC(OC(=O)CCc1ccsc1)C(=O)Nc1ccc(S(N)(=O)=O)cc1. The summed E-state index contributed by atoms with van der Waals surface area (Å²) in [5, 5.41) is 11.4. The monoisotopic (exact) mass is 382 g/mol. The maximum absolute atomic E-state index is 12.0. The maximum atomic E-state index is 12.0. The Balaban J connectivity index is 1.84. The van der Waals surface area contributed by atoms with E-state index in [1.165, 1.54) is 31.2 Å². The molecule has 1 aromatic heterocycles. The highest BCUT2D eigenvalue weighted by Gasteiger charge is 2.18. The van der Waals surface area contributed by atoms with Gasteiger partial charge in [-0.1, -0.05) is 0 Å². The van der Waals surface area contributed by atoms with E-state index in [9.17, 15) is 18.0 Å². The van der Waals surface area contributed by atoms with Gasteiger partial charge in [-0.05, 0) is 60.0 Å². The molecule has 2 rings (SSSR count). The van der Waals surface area contributed by atoms with Gasteiger partial charge >= 0.3 is 5.97 Å². The number of anilines is 1. The lowest BCUT2D eigenvalue weighted by molar-refractivity contribution is -0.153. The highest BCUT2D eigenvalue weighted by Crippen LogP contribution is 2.14. The van der Waals surface area contributed by atoms with Crippen molar-refractivity contribution in [3.05, 3.63) is 46.7 Å². The molecule has 1 atom stereocenters. The summed E-state index contributed by atoms with van der Waals surface area (Å²) in [6.07, 6.45) is -0.212. The van der Waals surface area contributed by atoms with Crippen LogP contribution in [0.5, 0.6) is 0 Å². The number of carbonyl (C=O) groups is 2. The summed E-state index contributed by atoms with van der Waals surface area (Å²) in [4.78, 5) is 23.8. The Hall–Kier alpha value is -2.23. The lowest BCUT2D eigenvalue weighted by Crippen LogP contribution is -2.30. The molecule has 1 unspecified atom stereocenters. The standard InChI is InChI=1S/C16H18N2O5S2/c1-11(23-15(19)7-2-12-8-9-24-10-12)16(20)18-13-3-5-14(6-4-13)25(17,21)22/h3-6,8-11H,2,7H2,1H3,(H,18,20)(H2,17,21,22). The highest BCUT2D eigenvalue weighted by molar-refractivity contribution is 7.89. The van der Waals surface area contributed by atoms with Crippen molar-refractivity contribution >= 4 is 38.9 Å².